The molecule has 0 unspecified atom stereocenters. The predicted octanol–water partition coefficient (Wildman–Crippen LogP) is 1.08. The Morgan fingerprint density at radius 2 is 2.21 bits per heavy atom. The molecule has 0 aromatic heterocycles. The normalized spacial score (nSPS) is 9.57. The van der Waals surface area contributed by atoms with Crippen LogP contribution in [-0.2, 0) is 4.79 Å². The van der Waals surface area contributed by atoms with Gasteiger partial charge in [-0.05, 0) is 28.1 Å². The summed E-state index contributed by atoms with van der Waals surface area (Å²) in [5, 5.41) is 0. The van der Waals surface area contributed by atoms with E-state index in [0.717, 1.165) is 4.47 Å². The maximum Gasteiger partial charge on any atom is 0.271 e. The van der Waals surface area contributed by atoms with Crippen molar-refractivity contribution in [2.24, 2.45) is 0 Å². The van der Waals surface area contributed by atoms with Crippen molar-refractivity contribution in [2.45, 2.75) is 0 Å². The molecular weight excluding hydrogens is 248 g/mol. The topological polar surface area (TPSA) is 50.4 Å². The molecule has 5 heteroatoms. The molecule has 0 aliphatic carbocycles. The van der Waals surface area contributed by atoms with Gasteiger partial charge in [0.1, 0.15) is 5.75 Å². The summed E-state index contributed by atoms with van der Waals surface area (Å²) in [5.74, 6) is 0.432. The van der Waals surface area contributed by atoms with Gasteiger partial charge in [0.2, 0.25) is 0 Å². The monoisotopic (exact) mass is 258 g/mol. The summed E-state index contributed by atoms with van der Waals surface area (Å²) in [5.41, 5.74) is 4.93. The number of carbonyl (C=O) groups is 1. The van der Waals surface area contributed by atoms with Gasteiger partial charge in [-0.2, -0.15) is 0 Å². The number of amides is 1. The van der Waals surface area contributed by atoms with Crippen LogP contribution in [0.25, 0.3) is 0 Å². The summed E-state index contributed by atoms with van der Waals surface area (Å²) in [6.45, 7) is -0.0105. The molecule has 2 N–H and O–H groups in total. The Bertz CT molecular complexity index is 317. The van der Waals surface area contributed by atoms with E-state index in [1.807, 2.05) is 18.2 Å². The Balaban J connectivity index is 2.46. The molecule has 0 saturated heterocycles. The number of hydrazine groups is 1. The zero-order valence-corrected chi connectivity index (χ0v) is 9.30. The molecule has 0 bridgehead atoms. The van der Waals surface area contributed by atoms with Crippen LogP contribution in [0.5, 0.6) is 5.75 Å². The SMILES string of the molecule is CNNC(=O)COc1ccccc1Br. The van der Waals surface area contributed by atoms with E-state index in [1.54, 1.807) is 13.1 Å². The molecule has 76 valence electrons. The van der Waals surface area contributed by atoms with E-state index in [2.05, 4.69) is 26.8 Å². The van der Waals surface area contributed by atoms with Crippen molar-refractivity contribution in [3.05, 3.63) is 28.7 Å². The van der Waals surface area contributed by atoms with Crippen molar-refractivity contribution in [3.63, 3.8) is 0 Å². The van der Waals surface area contributed by atoms with Crippen LogP contribution >= 0.6 is 15.9 Å². The van der Waals surface area contributed by atoms with Crippen molar-refractivity contribution in [2.75, 3.05) is 13.7 Å². The lowest BCUT2D eigenvalue weighted by atomic mass is 10.3. The molecule has 1 aromatic carbocycles. The van der Waals surface area contributed by atoms with Crippen LogP contribution in [0.15, 0.2) is 28.7 Å². The number of carbonyl (C=O) groups excluding carboxylic acids is 1. The molecule has 0 spiro atoms. The maximum atomic E-state index is 11.0. The Morgan fingerprint density at radius 3 is 2.86 bits per heavy atom. The van der Waals surface area contributed by atoms with E-state index in [-0.39, 0.29) is 12.5 Å². The molecule has 0 radical (unpaired) electrons. The summed E-state index contributed by atoms with van der Waals surface area (Å²) >= 11 is 3.31. The van der Waals surface area contributed by atoms with Crippen LogP contribution in [0.3, 0.4) is 0 Å². The molecular formula is C9H11BrN2O2. The highest BCUT2D eigenvalue weighted by atomic mass is 79.9. The van der Waals surface area contributed by atoms with E-state index >= 15 is 0 Å². The number of nitrogens with one attached hydrogen (secondary N) is 2. The van der Waals surface area contributed by atoms with E-state index < -0.39 is 0 Å². The van der Waals surface area contributed by atoms with Crippen LogP contribution in [0.2, 0.25) is 0 Å². The number of halogens is 1. The van der Waals surface area contributed by atoms with Crippen LogP contribution in [-0.4, -0.2) is 19.6 Å². The zero-order valence-electron chi connectivity index (χ0n) is 7.71. The Labute approximate surface area is 90.7 Å². The Kier molecular flexibility index (Phi) is 4.42. The quantitative estimate of drug-likeness (QED) is 0.795. The highest BCUT2D eigenvalue weighted by Crippen LogP contribution is 2.23. The van der Waals surface area contributed by atoms with Crippen LogP contribution in [0.1, 0.15) is 0 Å². The summed E-state index contributed by atoms with van der Waals surface area (Å²) < 4.78 is 6.08. The van der Waals surface area contributed by atoms with Gasteiger partial charge in [0.15, 0.2) is 6.61 Å². The van der Waals surface area contributed by atoms with Crippen LogP contribution in [0.4, 0.5) is 0 Å². The van der Waals surface area contributed by atoms with Gasteiger partial charge < -0.3 is 4.74 Å². The van der Waals surface area contributed by atoms with Gasteiger partial charge in [0, 0.05) is 7.05 Å². The second-order valence-electron chi connectivity index (χ2n) is 2.52. The minimum Gasteiger partial charge on any atom is -0.483 e. The first-order valence-electron chi connectivity index (χ1n) is 4.07. The fourth-order valence-electron chi connectivity index (χ4n) is 0.881. The third kappa shape index (κ3) is 3.35. The Morgan fingerprint density at radius 1 is 1.50 bits per heavy atom. The Hall–Kier alpha value is -1.07. The molecule has 0 fully saturated rings. The number of rotatable bonds is 4. The molecule has 1 amide bonds. The number of hydrogen-bond acceptors (Lipinski definition) is 3. The summed E-state index contributed by atoms with van der Waals surface area (Å²) in [4.78, 5) is 11.0. The fourth-order valence-corrected chi connectivity index (χ4v) is 1.28. The summed E-state index contributed by atoms with van der Waals surface area (Å²) in [6.07, 6.45) is 0. The van der Waals surface area contributed by atoms with E-state index in [4.69, 9.17) is 4.74 Å². The van der Waals surface area contributed by atoms with Gasteiger partial charge in [-0.1, -0.05) is 12.1 Å². The van der Waals surface area contributed by atoms with Crippen molar-refractivity contribution >= 4 is 21.8 Å². The average Bonchev–Trinajstić information content (AvgIpc) is 2.17. The predicted molar refractivity (Wildman–Crippen MR) is 56.8 cm³/mol. The summed E-state index contributed by atoms with van der Waals surface area (Å²) in [6, 6.07) is 7.36. The smallest absolute Gasteiger partial charge is 0.271 e. The van der Waals surface area contributed by atoms with Gasteiger partial charge in [0.25, 0.3) is 5.91 Å². The van der Waals surface area contributed by atoms with Gasteiger partial charge in [-0.15, -0.1) is 0 Å². The fraction of sp³-hybridized carbons (Fsp3) is 0.222. The highest BCUT2D eigenvalue weighted by Gasteiger charge is 2.03. The standard InChI is InChI=1S/C9H11BrN2O2/c1-11-12-9(13)6-14-8-5-3-2-4-7(8)10/h2-5,11H,6H2,1H3,(H,12,13). The second-order valence-corrected chi connectivity index (χ2v) is 3.37. The van der Waals surface area contributed by atoms with Gasteiger partial charge in [-0.25, -0.2) is 5.43 Å². The third-order valence-corrected chi connectivity index (χ3v) is 2.11. The minimum atomic E-state index is -0.219. The number of benzene rings is 1. The number of ether oxygens (including phenoxy) is 1. The van der Waals surface area contributed by atoms with Crippen LogP contribution < -0.4 is 15.6 Å². The van der Waals surface area contributed by atoms with Crippen molar-refractivity contribution in [1.29, 1.82) is 0 Å². The van der Waals surface area contributed by atoms with Crippen molar-refractivity contribution < 1.29 is 9.53 Å². The zero-order chi connectivity index (χ0) is 10.4. The van der Waals surface area contributed by atoms with E-state index in [9.17, 15) is 4.79 Å². The van der Waals surface area contributed by atoms with Crippen molar-refractivity contribution in [1.82, 2.24) is 10.9 Å². The third-order valence-electron chi connectivity index (χ3n) is 1.46. The molecule has 0 atom stereocenters. The molecule has 14 heavy (non-hydrogen) atoms. The molecule has 0 aliphatic heterocycles. The largest absolute Gasteiger partial charge is 0.483 e. The van der Waals surface area contributed by atoms with E-state index in [1.165, 1.54) is 0 Å². The molecule has 0 aliphatic rings. The van der Waals surface area contributed by atoms with Gasteiger partial charge >= 0.3 is 0 Å². The highest BCUT2D eigenvalue weighted by molar-refractivity contribution is 9.10. The number of para-hydroxylation sites is 1. The summed E-state index contributed by atoms with van der Waals surface area (Å²) in [7, 11) is 1.62. The molecule has 4 nitrogen and oxygen atoms in total. The number of hydrogen-bond donors (Lipinski definition) is 2. The molecule has 1 aromatic rings. The van der Waals surface area contributed by atoms with Gasteiger partial charge in [0.05, 0.1) is 4.47 Å². The lowest BCUT2D eigenvalue weighted by molar-refractivity contribution is -0.123. The van der Waals surface area contributed by atoms with Crippen LogP contribution in [0, 0.1) is 0 Å². The minimum absolute atomic E-state index is 0.0105. The molecule has 1 rings (SSSR count). The molecule has 0 saturated carbocycles. The first-order valence-corrected chi connectivity index (χ1v) is 4.86. The lowest BCUT2D eigenvalue weighted by Gasteiger charge is -2.07. The lowest BCUT2D eigenvalue weighted by Crippen LogP contribution is -2.37. The van der Waals surface area contributed by atoms with Gasteiger partial charge in [-0.3, -0.25) is 10.2 Å². The van der Waals surface area contributed by atoms with E-state index in [0.29, 0.717) is 5.75 Å². The second kappa shape index (κ2) is 5.62. The first-order chi connectivity index (χ1) is 6.74. The molecule has 0 heterocycles. The van der Waals surface area contributed by atoms with Crippen molar-refractivity contribution in [3.8, 4) is 5.75 Å². The maximum absolute atomic E-state index is 11.0. The first kappa shape index (κ1) is 11.0. The average molecular weight is 259 g/mol.